The Morgan fingerprint density at radius 3 is 2.62 bits per heavy atom. The minimum Gasteiger partial charge on any atom is -0.454 e. The van der Waals surface area contributed by atoms with Gasteiger partial charge in [-0.1, -0.05) is 17.7 Å². The van der Waals surface area contributed by atoms with Gasteiger partial charge in [-0.05, 0) is 62.6 Å². The highest BCUT2D eigenvalue weighted by atomic mass is 32.1. The molecule has 0 spiro atoms. The van der Waals surface area contributed by atoms with Crippen LogP contribution in [0.2, 0.25) is 0 Å². The molecule has 2 fully saturated rings. The van der Waals surface area contributed by atoms with E-state index in [1.165, 1.54) is 36.8 Å². The van der Waals surface area contributed by atoms with Crippen molar-refractivity contribution in [3.05, 3.63) is 51.5 Å². The summed E-state index contributed by atoms with van der Waals surface area (Å²) in [5.74, 6) is 1.94. The molecule has 0 saturated carbocycles. The summed E-state index contributed by atoms with van der Waals surface area (Å²) >= 11 is 1.58. The number of piperazine rings is 1. The Hall–Kier alpha value is -3.11. The van der Waals surface area contributed by atoms with Crippen molar-refractivity contribution >= 4 is 23.3 Å². The number of nitrogens with one attached hydrogen (secondary N) is 1. The first-order chi connectivity index (χ1) is 19.6. The summed E-state index contributed by atoms with van der Waals surface area (Å²) in [6.45, 7) is 6.34. The Bertz CT molecular complexity index is 1230. The van der Waals surface area contributed by atoms with Crippen LogP contribution in [0, 0.1) is 0 Å². The van der Waals surface area contributed by atoms with Crippen LogP contribution in [0.1, 0.15) is 71.9 Å². The molecule has 1 aliphatic carbocycles. The molecule has 4 aliphatic rings. The van der Waals surface area contributed by atoms with Crippen LogP contribution in [0.25, 0.3) is 0 Å². The number of urea groups is 1. The maximum absolute atomic E-state index is 13.2. The van der Waals surface area contributed by atoms with Crippen LogP contribution in [0.15, 0.2) is 35.2 Å². The fraction of sp³-hybridized carbons (Fsp3) is 0.567. The fourth-order valence-corrected chi connectivity index (χ4v) is 7.01. The lowest BCUT2D eigenvalue weighted by Gasteiger charge is -2.34. The van der Waals surface area contributed by atoms with Crippen molar-refractivity contribution in [3.63, 3.8) is 0 Å². The molecule has 0 bridgehead atoms. The molecule has 9 nitrogen and oxygen atoms in total. The number of thiazole rings is 1. The van der Waals surface area contributed by atoms with Crippen molar-refractivity contribution < 1.29 is 19.1 Å². The number of carbonyl (C=O) groups is 2. The maximum atomic E-state index is 13.2. The lowest BCUT2D eigenvalue weighted by atomic mass is 9.97. The number of ether oxygens (including phenoxy) is 2. The number of fused-ring (bicyclic) bond motifs is 1. The highest BCUT2D eigenvalue weighted by molar-refractivity contribution is 7.09. The number of likely N-dealkylation sites (tertiary alicyclic amines) is 1. The average Bonchev–Trinajstić information content (AvgIpc) is 3.68. The second-order valence-electron chi connectivity index (χ2n) is 11.2. The third kappa shape index (κ3) is 6.44. The normalized spacial score (nSPS) is 19.9. The molecule has 40 heavy (non-hydrogen) atoms. The Kier molecular flexibility index (Phi) is 8.53. The van der Waals surface area contributed by atoms with Gasteiger partial charge in [0.2, 0.25) is 6.79 Å². The zero-order valence-corrected chi connectivity index (χ0v) is 23.9. The van der Waals surface area contributed by atoms with E-state index in [0.717, 1.165) is 75.0 Å². The van der Waals surface area contributed by atoms with Crippen LogP contribution in [0.4, 0.5) is 4.79 Å². The molecule has 1 aromatic carbocycles. The SMILES string of the molecule is O=C(NCCC1=CCCCC1)N1CCC(c2nc(C(=O)N3CCN(Cc4ccc5c(c4)OCO5)CC3)cs2)CC1. The van der Waals surface area contributed by atoms with E-state index in [0.29, 0.717) is 24.7 Å². The molecule has 4 heterocycles. The Balaban J connectivity index is 0.930. The molecule has 3 amide bonds. The largest absolute Gasteiger partial charge is 0.454 e. The average molecular weight is 566 g/mol. The molecule has 1 aromatic heterocycles. The molecule has 2 saturated heterocycles. The van der Waals surface area contributed by atoms with E-state index in [2.05, 4.69) is 22.4 Å². The third-order valence-electron chi connectivity index (χ3n) is 8.48. The summed E-state index contributed by atoms with van der Waals surface area (Å²) in [6.07, 6.45) is 10.0. The molecule has 3 aliphatic heterocycles. The Morgan fingerprint density at radius 1 is 1.00 bits per heavy atom. The maximum Gasteiger partial charge on any atom is 0.317 e. The summed E-state index contributed by atoms with van der Waals surface area (Å²) in [7, 11) is 0. The first-order valence-electron chi connectivity index (χ1n) is 14.7. The zero-order valence-electron chi connectivity index (χ0n) is 23.1. The molecule has 1 N–H and O–H groups in total. The van der Waals surface area contributed by atoms with E-state index in [1.807, 2.05) is 27.3 Å². The van der Waals surface area contributed by atoms with Gasteiger partial charge in [-0.25, -0.2) is 9.78 Å². The quantitative estimate of drug-likeness (QED) is 0.494. The van der Waals surface area contributed by atoms with Crippen LogP contribution >= 0.6 is 11.3 Å². The summed E-state index contributed by atoms with van der Waals surface area (Å²) in [6, 6.07) is 6.13. The van der Waals surface area contributed by atoms with Gasteiger partial charge in [0, 0.05) is 63.7 Å². The number of amides is 3. The van der Waals surface area contributed by atoms with Gasteiger partial charge < -0.3 is 24.6 Å². The number of nitrogens with zero attached hydrogens (tertiary/aromatic N) is 4. The first kappa shape index (κ1) is 27.1. The standard InChI is InChI=1S/C30H39N5O4S/c36-29(34-16-14-33(15-17-34)19-23-6-7-26-27(18-23)39-21-38-26)25-20-40-28(32-25)24-9-12-35(13-10-24)30(37)31-11-8-22-4-2-1-3-5-22/h4,6-7,18,20,24H,1-3,5,8-17,19,21H2,(H,31,37). The van der Waals surface area contributed by atoms with Crippen LogP contribution in [0.3, 0.4) is 0 Å². The molecule has 0 atom stereocenters. The number of benzene rings is 1. The second kappa shape index (κ2) is 12.6. The summed E-state index contributed by atoms with van der Waals surface area (Å²) in [5.41, 5.74) is 3.23. The number of rotatable bonds is 7. The van der Waals surface area contributed by atoms with Crippen molar-refractivity contribution in [2.45, 2.75) is 57.4 Å². The number of carbonyl (C=O) groups excluding carboxylic acids is 2. The van der Waals surface area contributed by atoms with Gasteiger partial charge in [0.25, 0.3) is 5.91 Å². The van der Waals surface area contributed by atoms with Crippen LogP contribution in [0.5, 0.6) is 11.5 Å². The Labute approximate surface area is 240 Å². The van der Waals surface area contributed by atoms with Gasteiger partial charge in [0.15, 0.2) is 11.5 Å². The van der Waals surface area contributed by atoms with Crippen molar-refractivity contribution in [3.8, 4) is 11.5 Å². The molecule has 10 heteroatoms. The molecule has 2 aromatic rings. The van der Waals surface area contributed by atoms with Gasteiger partial charge in [-0.15, -0.1) is 11.3 Å². The lowest BCUT2D eigenvalue weighted by Crippen LogP contribution is -2.48. The summed E-state index contributed by atoms with van der Waals surface area (Å²) < 4.78 is 10.9. The van der Waals surface area contributed by atoms with Gasteiger partial charge in [0.05, 0.1) is 5.01 Å². The molecule has 6 rings (SSSR count). The summed E-state index contributed by atoms with van der Waals surface area (Å²) in [4.78, 5) is 36.8. The van der Waals surface area contributed by atoms with E-state index in [9.17, 15) is 9.59 Å². The predicted octanol–water partition coefficient (Wildman–Crippen LogP) is 4.61. The van der Waals surface area contributed by atoms with Crippen molar-refractivity contribution in [2.75, 3.05) is 52.6 Å². The minimum atomic E-state index is 0.0233. The molecule has 0 unspecified atom stereocenters. The van der Waals surface area contributed by atoms with E-state index in [1.54, 1.807) is 11.3 Å². The minimum absolute atomic E-state index is 0.0233. The second-order valence-corrected chi connectivity index (χ2v) is 12.1. The van der Waals surface area contributed by atoms with Gasteiger partial charge in [-0.3, -0.25) is 9.69 Å². The number of aromatic nitrogens is 1. The fourth-order valence-electron chi connectivity index (χ4n) is 6.04. The predicted molar refractivity (Wildman–Crippen MR) is 154 cm³/mol. The zero-order chi connectivity index (χ0) is 27.3. The topological polar surface area (TPSA) is 87.2 Å². The van der Waals surface area contributed by atoms with Crippen molar-refractivity contribution in [2.24, 2.45) is 0 Å². The van der Waals surface area contributed by atoms with Crippen molar-refractivity contribution in [1.82, 2.24) is 25.0 Å². The van der Waals surface area contributed by atoms with E-state index in [-0.39, 0.29) is 18.7 Å². The Morgan fingerprint density at radius 2 is 1.82 bits per heavy atom. The van der Waals surface area contributed by atoms with Crippen LogP contribution in [-0.4, -0.2) is 84.2 Å². The number of piperidine rings is 1. The van der Waals surface area contributed by atoms with E-state index in [4.69, 9.17) is 14.5 Å². The van der Waals surface area contributed by atoms with Gasteiger partial charge in [-0.2, -0.15) is 0 Å². The first-order valence-corrected chi connectivity index (χ1v) is 15.6. The van der Waals surface area contributed by atoms with Gasteiger partial charge >= 0.3 is 6.03 Å². The lowest BCUT2D eigenvalue weighted by molar-refractivity contribution is 0.0623. The number of hydrogen-bond donors (Lipinski definition) is 1. The van der Waals surface area contributed by atoms with Gasteiger partial charge in [0.1, 0.15) is 5.69 Å². The highest BCUT2D eigenvalue weighted by Gasteiger charge is 2.28. The smallest absolute Gasteiger partial charge is 0.317 e. The van der Waals surface area contributed by atoms with Crippen LogP contribution in [-0.2, 0) is 6.54 Å². The molecular formula is C30H39N5O4S. The van der Waals surface area contributed by atoms with Crippen LogP contribution < -0.4 is 14.8 Å². The highest BCUT2D eigenvalue weighted by Crippen LogP contribution is 2.33. The monoisotopic (exact) mass is 565 g/mol. The number of allylic oxidation sites excluding steroid dienone is 1. The molecule has 0 radical (unpaired) electrons. The van der Waals surface area contributed by atoms with E-state index < -0.39 is 0 Å². The summed E-state index contributed by atoms with van der Waals surface area (Å²) in [5, 5.41) is 6.04. The molecular weight excluding hydrogens is 526 g/mol. The third-order valence-corrected chi connectivity index (χ3v) is 9.49. The van der Waals surface area contributed by atoms with Crippen molar-refractivity contribution in [1.29, 1.82) is 0 Å². The van der Waals surface area contributed by atoms with E-state index >= 15 is 0 Å². The molecule has 214 valence electrons. The number of hydrogen-bond acceptors (Lipinski definition) is 7.